The molecular weight excluding hydrogens is 299 g/mol. The number of nitrogens with one attached hydrogen (secondary N) is 2. The summed E-state index contributed by atoms with van der Waals surface area (Å²) in [7, 11) is 0. The molecule has 0 heterocycles. The minimum Gasteiger partial charge on any atom is -0.350 e. The van der Waals surface area contributed by atoms with E-state index in [1.807, 2.05) is 20.8 Å². The summed E-state index contributed by atoms with van der Waals surface area (Å²) in [5.41, 5.74) is 0.285. The van der Waals surface area contributed by atoms with Crippen molar-refractivity contribution in [3.8, 4) is 0 Å². The van der Waals surface area contributed by atoms with Crippen LogP contribution in [0.15, 0.2) is 22.7 Å². The first-order valence-corrected chi connectivity index (χ1v) is 6.53. The molecule has 1 aromatic rings. The number of carbonyl (C=O) groups is 1. The molecule has 0 spiro atoms. The zero-order valence-electron chi connectivity index (χ0n) is 10.8. The molecule has 2 N–H and O–H groups in total. The number of benzene rings is 1. The van der Waals surface area contributed by atoms with Gasteiger partial charge in [0, 0.05) is 22.1 Å². The molecule has 3 nitrogen and oxygen atoms in total. The molecule has 1 rings (SSSR count). The summed E-state index contributed by atoms with van der Waals surface area (Å²) in [4.78, 5) is 11.5. The van der Waals surface area contributed by atoms with E-state index >= 15 is 0 Å². The SMILES string of the molecule is CC(C)(C)NC(=O)CNCc1cc(Br)ccc1F. The lowest BCUT2D eigenvalue weighted by Gasteiger charge is -2.20. The van der Waals surface area contributed by atoms with Crippen molar-refractivity contribution in [1.82, 2.24) is 10.6 Å². The zero-order valence-corrected chi connectivity index (χ0v) is 12.4. The molecule has 0 saturated carbocycles. The van der Waals surface area contributed by atoms with E-state index < -0.39 is 0 Å². The van der Waals surface area contributed by atoms with Crippen molar-refractivity contribution < 1.29 is 9.18 Å². The number of halogens is 2. The van der Waals surface area contributed by atoms with E-state index in [2.05, 4.69) is 26.6 Å². The molecule has 1 aromatic carbocycles. The maximum absolute atomic E-state index is 13.4. The van der Waals surface area contributed by atoms with E-state index in [9.17, 15) is 9.18 Å². The highest BCUT2D eigenvalue weighted by Gasteiger charge is 2.13. The highest BCUT2D eigenvalue weighted by Crippen LogP contribution is 2.15. The van der Waals surface area contributed by atoms with Gasteiger partial charge in [-0.05, 0) is 39.0 Å². The predicted molar refractivity (Wildman–Crippen MR) is 73.7 cm³/mol. The third-order valence-electron chi connectivity index (χ3n) is 2.12. The molecule has 0 unspecified atom stereocenters. The molecule has 0 saturated heterocycles. The Morgan fingerprint density at radius 3 is 2.67 bits per heavy atom. The van der Waals surface area contributed by atoms with Gasteiger partial charge in [-0.25, -0.2) is 4.39 Å². The highest BCUT2D eigenvalue weighted by molar-refractivity contribution is 9.10. The van der Waals surface area contributed by atoms with E-state index in [0.29, 0.717) is 12.1 Å². The van der Waals surface area contributed by atoms with Crippen molar-refractivity contribution in [2.45, 2.75) is 32.9 Å². The van der Waals surface area contributed by atoms with E-state index in [1.165, 1.54) is 6.07 Å². The Bertz CT molecular complexity index is 429. The Morgan fingerprint density at radius 1 is 1.39 bits per heavy atom. The second-order valence-corrected chi connectivity index (χ2v) is 6.05. The molecule has 0 fully saturated rings. The molecule has 0 atom stereocenters. The summed E-state index contributed by atoms with van der Waals surface area (Å²) >= 11 is 3.28. The standard InChI is InChI=1S/C13H18BrFN2O/c1-13(2,3)17-12(18)8-16-7-9-6-10(14)4-5-11(9)15/h4-6,16H,7-8H2,1-3H3,(H,17,18). The molecule has 0 aliphatic rings. The van der Waals surface area contributed by atoms with Crippen LogP contribution in [0.3, 0.4) is 0 Å². The third-order valence-corrected chi connectivity index (χ3v) is 2.62. The van der Waals surface area contributed by atoms with Crippen LogP contribution in [0.2, 0.25) is 0 Å². The molecule has 0 aliphatic carbocycles. The predicted octanol–water partition coefficient (Wildman–Crippen LogP) is 2.59. The van der Waals surface area contributed by atoms with Gasteiger partial charge in [0.1, 0.15) is 5.82 Å². The third kappa shape index (κ3) is 5.60. The van der Waals surface area contributed by atoms with Crippen LogP contribution in [0.4, 0.5) is 4.39 Å². The van der Waals surface area contributed by atoms with Gasteiger partial charge in [0.2, 0.25) is 5.91 Å². The van der Waals surface area contributed by atoms with Crippen molar-refractivity contribution in [2.24, 2.45) is 0 Å². The van der Waals surface area contributed by atoms with Crippen LogP contribution in [0.1, 0.15) is 26.3 Å². The first-order valence-electron chi connectivity index (χ1n) is 5.73. The smallest absolute Gasteiger partial charge is 0.234 e. The van der Waals surface area contributed by atoms with Crippen LogP contribution in [-0.2, 0) is 11.3 Å². The molecular formula is C13H18BrFN2O. The number of carbonyl (C=O) groups excluding carboxylic acids is 1. The molecule has 18 heavy (non-hydrogen) atoms. The molecule has 0 radical (unpaired) electrons. The Labute approximate surface area is 115 Å². The lowest BCUT2D eigenvalue weighted by Crippen LogP contribution is -2.44. The largest absolute Gasteiger partial charge is 0.350 e. The van der Waals surface area contributed by atoms with Gasteiger partial charge in [-0.1, -0.05) is 15.9 Å². The molecule has 0 bridgehead atoms. The van der Waals surface area contributed by atoms with E-state index in [0.717, 1.165) is 4.47 Å². The number of rotatable bonds is 4. The lowest BCUT2D eigenvalue weighted by molar-refractivity contribution is -0.121. The van der Waals surface area contributed by atoms with Crippen LogP contribution in [0.5, 0.6) is 0 Å². The summed E-state index contributed by atoms with van der Waals surface area (Å²) in [5.74, 6) is -0.375. The van der Waals surface area contributed by atoms with Crippen LogP contribution in [0, 0.1) is 5.82 Å². The molecule has 0 aromatic heterocycles. The minimum absolute atomic E-state index is 0.0992. The van der Waals surface area contributed by atoms with Crippen LogP contribution < -0.4 is 10.6 Å². The minimum atomic E-state index is -0.276. The van der Waals surface area contributed by atoms with Gasteiger partial charge < -0.3 is 10.6 Å². The van der Waals surface area contributed by atoms with Crippen molar-refractivity contribution >= 4 is 21.8 Å². The number of hydrogen-bond donors (Lipinski definition) is 2. The van der Waals surface area contributed by atoms with Gasteiger partial charge in [-0.3, -0.25) is 4.79 Å². The maximum Gasteiger partial charge on any atom is 0.234 e. The monoisotopic (exact) mass is 316 g/mol. The highest BCUT2D eigenvalue weighted by atomic mass is 79.9. The van der Waals surface area contributed by atoms with Crippen LogP contribution in [0.25, 0.3) is 0 Å². The normalized spacial score (nSPS) is 11.4. The van der Waals surface area contributed by atoms with Gasteiger partial charge >= 0.3 is 0 Å². The maximum atomic E-state index is 13.4. The topological polar surface area (TPSA) is 41.1 Å². The Kier molecular flexibility index (Phi) is 5.28. The quantitative estimate of drug-likeness (QED) is 0.896. The summed E-state index contributed by atoms with van der Waals surface area (Å²) in [6, 6.07) is 4.74. The van der Waals surface area contributed by atoms with Gasteiger partial charge in [0.25, 0.3) is 0 Å². The van der Waals surface area contributed by atoms with Crippen LogP contribution in [-0.4, -0.2) is 18.0 Å². The second-order valence-electron chi connectivity index (χ2n) is 5.14. The zero-order chi connectivity index (χ0) is 13.8. The van der Waals surface area contributed by atoms with Crippen molar-refractivity contribution in [1.29, 1.82) is 0 Å². The molecule has 100 valence electrons. The number of hydrogen-bond acceptors (Lipinski definition) is 2. The summed E-state index contributed by atoms with van der Waals surface area (Å²) < 4.78 is 14.2. The van der Waals surface area contributed by atoms with Crippen LogP contribution >= 0.6 is 15.9 Å². The van der Waals surface area contributed by atoms with Gasteiger partial charge in [0.05, 0.1) is 6.54 Å². The van der Waals surface area contributed by atoms with E-state index in [1.54, 1.807) is 12.1 Å². The first-order chi connectivity index (χ1) is 8.28. The fourth-order valence-corrected chi connectivity index (χ4v) is 1.86. The Balaban J connectivity index is 2.42. The summed E-state index contributed by atoms with van der Waals surface area (Å²) in [6.07, 6.45) is 0. The first kappa shape index (κ1) is 15.1. The molecule has 0 aliphatic heterocycles. The van der Waals surface area contributed by atoms with Gasteiger partial charge in [0.15, 0.2) is 0 Å². The second kappa shape index (κ2) is 6.29. The van der Waals surface area contributed by atoms with Crippen molar-refractivity contribution in [3.05, 3.63) is 34.1 Å². The Hall–Kier alpha value is -0.940. The summed E-state index contributed by atoms with van der Waals surface area (Å²) in [5, 5.41) is 5.75. The van der Waals surface area contributed by atoms with Gasteiger partial charge in [-0.15, -0.1) is 0 Å². The molecule has 1 amide bonds. The van der Waals surface area contributed by atoms with Gasteiger partial charge in [-0.2, -0.15) is 0 Å². The average molecular weight is 317 g/mol. The molecule has 5 heteroatoms. The fourth-order valence-electron chi connectivity index (χ4n) is 1.45. The lowest BCUT2D eigenvalue weighted by atomic mass is 10.1. The number of amides is 1. The van der Waals surface area contributed by atoms with Crippen molar-refractivity contribution in [2.75, 3.05) is 6.54 Å². The summed E-state index contributed by atoms with van der Waals surface area (Å²) in [6.45, 7) is 6.24. The van der Waals surface area contributed by atoms with E-state index in [4.69, 9.17) is 0 Å². The van der Waals surface area contributed by atoms with Crippen molar-refractivity contribution in [3.63, 3.8) is 0 Å². The van der Waals surface area contributed by atoms with E-state index in [-0.39, 0.29) is 23.8 Å². The average Bonchev–Trinajstić information content (AvgIpc) is 2.20. The fraction of sp³-hybridized carbons (Fsp3) is 0.462. The Morgan fingerprint density at radius 2 is 2.06 bits per heavy atom.